The van der Waals surface area contributed by atoms with E-state index in [1.807, 2.05) is 6.92 Å². The van der Waals surface area contributed by atoms with E-state index in [-0.39, 0.29) is 5.91 Å². The van der Waals surface area contributed by atoms with Crippen molar-refractivity contribution >= 4 is 90.7 Å². The van der Waals surface area contributed by atoms with Gasteiger partial charge in [0.15, 0.2) is 0 Å². The molecule has 0 atom stereocenters. The van der Waals surface area contributed by atoms with E-state index in [0.717, 1.165) is 17.2 Å². The first-order chi connectivity index (χ1) is 15.7. The fraction of sp³-hybridized carbons (Fsp3) is 0.130. The van der Waals surface area contributed by atoms with Crippen LogP contribution in [-0.4, -0.2) is 27.7 Å². The number of fused-ring (bicyclic) bond motifs is 2. The SMILES string of the molecule is CCCNC(=O)c1ccc2c(Cl)cnc(Cl)c2c1.O=C(Cl)c1ccc2c(Cl)cnc(Cl)c2c1. The van der Waals surface area contributed by atoms with Crippen molar-refractivity contribution in [2.75, 3.05) is 6.54 Å². The van der Waals surface area contributed by atoms with Gasteiger partial charge in [0.1, 0.15) is 10.3 Å². The van der Waals surface area contributed by atoms with Gasteiger partial charge in [0.2, 0.25) is 0 Å². The zero-order valence-electron chi connectivity index (χ0n) is 17.1. The monoisotopic (exact) mass is 541 g/mol. The molecule has 5 nitrogen and oxygen atoms in total. The van der Waals surface area contributed by atoms with Crippen LogP contribution in [0.4, 0.5) is 0 Å². The molecule has 0 spiro atoms. The largest absolute Gasteiger partial charge is 0.352 e. The lowest BCUT2D eigenvalue weighted by molar-refractivity contribution is 0.0953. The molecule has 4 rings (SSSR count). The van der Waals surface area contributed by atoms with Crippen LogP contribution in [0, 0.1) is 0 Å². The van der Waals surface area contributed by atoms with Crippen molar-refractivity contribution in [2.24, 2.45) is 0 Å². The maximum Gasteiger partial charge on any atom is 0.252 e. The Kier molecular flexibility index (Phi) is 8.74. The van der Waals surface area contributed by atoms with E-state index in [2.05, 4.69) is 15.3 Å². The van der Waals surface area contributed by atoms with Crippen LogP contribution < -0.4 is 5.32 Å². The van der Waals surface area contributed by atoms with Crippen molar-refractivity contribution in [2.45, 2.75) is 13.3 Å². The highest BCUT2D eigenvalue weighted by Crippen LogP contribution is 2.29. The molecule has 1 N–H and O–H groups in total. The number of hydrogen-bond donors (Lipinski definition) is 1. The van der Waals surface area contributed by atoms with Crippen molar-refractivity contribution in [3.05, 3.63) is 80.3 Å². The molecule has 0 saturated heterocycles. The molecule has 2 aromatic carbocycles. The quantitative estimate of drug-likeness (QED) is 0.212. The van der Waals surface area contributed by atoms with Gasteiger partial charge < -0.3 is 5.32 Å². The van der Waals surface area contributed by atoms with Crippen LogP contribution in [0.3, 0.4) is 0 Å². The Bertz CT molecular complexity index is 1360. The Morgan fingerprint density at radius 2 is 1.27 bits per heavy atom. The highest BCUT2D eigenvalue weighted by Gasteiger charge is 2.10. The molecule has 2 heterocycles. The molecule has 170 valence electrons. The number of nitrogens with zero attached hydrogens (tertiary/aromatic N) is 2. The maximum atomic E-state index is 11.8. The molecule has 0 unspecified atom stereocenters. The van der Waals surface area contributed by atoms with Crippen LogP contribution in [0.5, 0.6) is 0 Å². The summed E-state index contributed by atoms with van der Waals surface area (Å²) in [6.07, 6.45) is 3.87. The number of rotatable bonds is 4. The number of halogens is 5. The fourth-order valence-corrected chi connectivity index (χ4v) is 3.91. The van der Waals surface area contributed by atoms with Crippen LogP contribution in [0.1, 0.15) is 34.1 Å². The standard InChI is InChI=1S/C13H12Cl2N2O.C10H4Cl3NO/c1-2-5-16-13(18)8-3-4-9-10(6-8)12(15)17-7-11(9)14;11-8-4-14-9(12)7-3-5(10(13)15)1-2-6(7)8/h3-4,6-7H,2,5H2,1H3,(H,16,18);1-4H. The number of hydrogen-bond acceptors (Lipinski definition) is 4. The molecular formula is C23H16Cl5N3O2. The van der Waals surface area contributed by atoms with Gasteiger partial charge in [0.05, 0.1) is 10.0 Å². The van der Waals surface area contributed by atoms with Crippen LogP contribution in [0.2, 0.25) is 20.4 Å². The first-order valence-corrected chi connectivity index (χ1v) is 11.6. The van der Waals surface area contributed by atoms with Crippen molar-refractivity contribution in [1.82, 2.24) is 15.3 Å². The zero-order chi connectivity index (χ0) is 24.1. The molecule has 0 aliphatic heterocycles. The summed E-state index contributed by atoms with van der Waals surface area (Å²) < 4.78 is 0. The molecule has 10 heteroatoms. The number of benzene rings is 2. The van der Waals surface area contributed by atoms with E-state index in [4.69, 9.17) is 58.0 Å². The predicted octanol–water partition coefficient (Wildman–Crippen LogP) is 7.60. The Balaban J connectivity index is 0.000000189. The van der Waals surface area contributed by atoms with E-state index >= 15 is 0 Å². The van der Waals surface area contributed by atoms with Crippen molar-refractivity contribution in [3.8, 4) is 0 Å². The number of amides is 1. The molecule has 0 aliphatic carbocycles. The van der Waals surface area contributed by atoms with Crippen LogP contribution in [-0.2, 0) is 0 Å². The molecule has 0 bridgehead atoms. The lowest BCUT2D eigenvalue weighted by Gasteiger charge is -2.06. The third-order valence-electron chi connectivity index (χ3n) is 4.61. The second-order valence-corrected chi connectivity index (χ2v) is 8.72. The zero-order valence-corrected chi connectivity index (χ0v) is 20.9. The molecule has 2 aromatic heterocycles. The molecule has 4 aromatic rings. The summed E-state index contributed by atoms with van der Waals surface area (Å²) in [6, 6.07) is 10.1. The van der Waals surface area contributed by atoms with Gasteiger partial charge in [0.25, 0.3) is 11.1 Å². The normalized spacial score (nSPS) is 10.6. The number of carbonyl (C=O) groups excluding carboxylic acids is 2. The third kappa shape index (κ3) is 6.05. The third-order valence-corrected chi connectivity index (χ3v) is 6.03. The maximum absolute atomic E-state index is 11.8. The Morgan fingerprint density at radius 1 is 0.788 bits per heavy atom. The molecule has 33 heavy (non-hydrogen) atoms. The topological polar surface area (TPSA) is 72.0 Å². The van der Waals surface area contributed by atoms with Gasteiger partial charge in [-0.1, -0.05) is 65.5 Å². The molecule has 0 saturated carbocycles. The predicted molar refractivity (Wildman–Crippen MR) is 136 cm³/mol. The summed E-state index contributed by atoms with van der Waals surface area (Å²) in [5.74, 6) is -0.116. The summed E-state index contributed by atoms with van der Waals surface area (Å²) in [7, 11) is 0. The molecular weight excluding hydrogens is 528 g/mol. The number of pyridine rings is 2. The van der Waals surface area contributed by atoms with Crippen molar-refractivity contribution < 1.29 is 9.59 Å². The lowest BCUT2D eigenvalue weighted by Crippen LogP contribution is -2.23. The van der Waals surface area contributed by atoms with E-state index in [1.165, 1.54) is 12.4 Å². The first-order valence-electron chi connectivity index (χ1n) is 9.68. The van der Waals surface area contributed by atoms with E-state index < -0.39 is 5.24 Å². The summed E-state index contributed by atoms with van der Waals surface area (Å²) in [4.78, 5) is 30.6. The second kappa shape index (κ2) is 11.3. The smallest absolute Gasteiger partial charge is 0.252 e. The molecule has 0 fully saturated rings. The highest BCUT2D eigenvalue weighted by molar-refractivity contribution is 6.67. The van der Waals surface area contributed by atoms with Crippen LogP contribution in [0.25, 0.3) is 21.5 Å². The average Bonchev–Trinajstić information content (AvgIpc) is 2.82. The Labute approximate surface area is 215 Å². The fourth-order valence-electron chi connectivity index (χ4n) is 2.96. The Morgan fingerprint density at radius 3 is 1.76 bits per heavy atom. The van der Waals surface area contributed by atoms with Crippen LogP contribution >= 0.6 is 58.0 Å². The first kappa shape index (κ1) is 25.5. The minimum atomic E-state index is -0.534. The van der Waals surface area contributed by atoms with Gasteiger partial charge in [-0.3, -0.25) is 9.59 Å². The number of carbonyl (C=O) groups is 2. The van der Waals surface area contributed by atoms with Gasteiger partial charge in [-0.05, 0) is 42.3 Å². The van der Waals surface area contributed by atoms with E-state index in [0.29, 0.717) is 48.8 Å². The van der Waals surface area contributed by atoms with Gasteiger partial charge in [-0.15, -0.1) is 0 Å². The van der Waals surface area contributed by atoms with Crippen molar-refractivity contribution in [3.63, 3.8) is 0 Å². The average molecular weight is 544 g/mol. The highest BCUT2D eigenvalue weighted by atomic mass is 35.5. The summed E-state index contributed by atoms with van der Waals surface area (Å²) in [5.41, 5.74) is 0.928. The summed E-state index contributed by atoms with van der Waals surface area (Å²) in [5, 5.41) is 6.79. The van der Waals surface area contributed by atoms with Gasteiger partial charge >= 0.3 is 0 Å². The van der Waals surface area contributed by atoms with Gasteiger partial charge in [-0.25, -0.2) is 9.97 Å². The Hall–Kier alpha value is -2.15. The molecule has 0 radical (unpaired) electrons. The molecule has 0 aliphatic rings. The van der Waals surface area contributed by atoms with E-state index in [9.17, 15) is 9.59 Å². The number of nitrogens with one attached hydrogen (secondary N) is 1. The van der Waals surface area contributed by atoms with Gasteiger partial charge in [-0.2, -0.15) is 0 Å². The summed E-state index contributed by atoms with van der Waals surface area (Å²) >= 11 is 29.2. The van der Waals surface area contributed by atoms with Crippen LogP contribution in [0.15, 0.2) is 48.8 Å². The summed E-state index contributed by atoms with van der Waals surface area (Å²) in [6.45, 7) is 2.65. The number of aromatic nitrogens is 2. The second-order valence-electron chi connectivity index (χ2n) is 6.84. The minimum absolute atomic E-state index is 0.116. The van der Waals surface area contributed by atoms with Crippen molar-refractivity contribution in [1.29, 1.82) is 0 Å². The van der Waals surface area contributed by atoms with Gasteiger partial charge in [0, 0.05) is 51.6 Å². The molecule has 1 amide bonds. The van der Waals surface area contributed by atoms with E-state index in [1.54, 1.807) is 36.4 Å². The lowest BCUT2D eigenvalue weighted by atomic mass is 10.1. The minimum Gasteiger partial charge on any atom is -0.352 e.